The molecule has 2 saturated carbocycles. The molecule has 3 fully saturated rings. The number of nitrogens with one attached hydrogen (secondary N) is 1. The number of Topliss-reactive ketones (excluding diaryl/α,β-unsaturated/α-hetero) is 1. The van der Waals surface area contributed by atoms with Crippen LogP contribution in [0.1, 0.15) is 99.3 Å². The van der Waals surface area contributed by atoms with Crippen LogP contribution in [0.3, 0.4) is 0 Å². The molecule has 0 radical (unpaired) electrons. The van der Waals surface area contributed by atoms with Gasteiger partial charge in [0.2, 0.25) is 27.7 Å². The minimum absolute atomic E-state index is 0.0261. The van der Waals surface area contributed by atoms with E-state index in [0.29, 0.717) is 55.0 Å². The van der Waals surface area contributed by atoms with Crippen LogP contribution in [0.2, 0.25) is 0 Å². The monoisotopic (exact) mass is 861 g/mol. The molecule has 17 heteroatoms. The predicted octanol–water partition coefficient (Wildman–Crippen LogP) is 6.08. The number of amides is 2. The topological polar surface area (TPSA) is 177 Å². The van der Waals surface area contributed by atoms with Gasteiger partial charge in [-0.25, -0.2) is 22.2 Å². The van der Waals surface area contributed by atoms with E-state index in [1.165, 1.54) is 19.1 Å². The minimum Gasteiger partial charge on any atom is -0.497 e. The zero-order valence-corrected chi connectivity index (χ0v) is 36.4. The number of methoxy groups -OCH3 is 2. The lowest BCUT2D eigenvalue weighted by molar-refractivity contribution is -0.198. The second-order valence-corrected chi connectivity index (χ2v) is 19.8. The fourth-order valence-corrected chi connectivity index (χ4v) is 9.40. The zero-order valence-electron chi connectivity index (χ0n) is 35.5. The Bertz CT molecular complexity index is 2130. The number of hydrogen-bond donors (Lipinski definition) is 1. The normalized spacial score (nSPS) is 29.0. The molecule has 2 amide bonds. The molecule has 0 unspecified atom stereocenters. The van der Waals surface area contributed by atoms with E-state index in [4.69, 9.17) is 23.7 Å². The van der Waals surface area contributed by atoms with Crippen LogP contribution in [0.25, 0.3) is 10.9 Å². The van der Waals surface area contributed by atoms with Crippen LogP contribution in [0, 0.1) is 17.3 Å². The lowest BCUT2D eigenvalue weighted by Gasteiger charge is -2.35. The SMILES string of the molecule is CC[C@@H]1O[C@H](C)CC/C=C\[C@@H]2C[C@@]2(C(=O)NS(=O)(=O)C2(C)CC2)CC(=O)[C@@H]2C[C@@H](Oc3cc(OC)nc4cc(OC)ccc34)CN2C(=O)[C@H]1CC(=O)OC(C)(C)C(C)(F)F. The highest BCUT2D eigenvalue weighted by Crippen LogP contribution is 2.58. The molecule has 330 valence electrons. The second-order valence-electron chi connectivity index (χ2n) is 17.6. The Morgan fingerprint density at radius 2 is 1.82 bits per heavy atom. The number of aromatic nitrogens is 1. The average molecular weight is 862 g/mol. The summed E-state index contributed by atoms with van der Waals surface area (Å²) in [6.07, 6.45) is 2.88. The quantitative estimate of drug-likeness (QED) is 0.193. The fourth-order valence-electron chi connectivity index (χ4n) is 8.06. The van der Waals surface area contributed by atoms with Crippen molar-refractivity contribution in [3.8, 4) is 17.4 Å². The van der Waals surface area contributed by atoms with Crippen molar-refractivity contribution in [2.24, 2.45) is 17.3 Å². The van der Waals surface area contributed by atoms with Gasteiger partial charge in [0.1, 0.15) is 17.6 Å². The number of ketones is 1. The molecule has 4 aliphatic rings. The van der Waals surface area contributed by atoms with Gasteiger partial charge in [-0.3, -0.25) is 23.9 Å². The average Bonchev–Trinajstić information content (AvgIpc) is 4.06. The number of fused-ring (bicyclic) bond motifs is 3. The van der Waals surface area contributed by atoms with Crippen LogP contribution in [0.15, 0.2) is 36.4 Å². The first-order valence-corrected chi connectivity index (χ1v) is 22.1. The molecule has 3 heterocycles. The number of sulfonamides is 1. The van der Waals surface area contributed by atoms with Crippen molar-refractivity contribution < 1.29 is 60.1 Å². The summed E-state index contributed by atoms with van der Waals surface area (Å²) in [5.41, 5.74) is -3.09. The summed E-state index contributed by atoms with van der Waals surface area (Å²) in [7, 11) is -1.06. The standard InChI is InChI=1S/C43H57F2N3O11S/c1-9-34-30(20-37(50)59-40(3,4)42(6,44)45)38(51)48-24-28(58-35-21-36(56-8)46-31-18-27(55-7)14-15-29(31)35)19-32(48)33(49)23-43(22-26(43)13-11-10-12-25(2)57-34)39(52)47-60(53,54)41(5)16-17-41/h11,13-15,18,21,25-26,28,30,32,34H,9-10,12,16-17,19-20,22-24H2,1-8H3,(H,47,52)/b13-11-/t25-,26-,28-,30+,32+,34+,43-/m1/s1. The Hall–Kier alpha value is -4.38. The van der Waals surface area contributed by atoms with Crippen molar-refractivity contribution >= 4 is 44.5 Å². The van der Waals surface area contributed by atoms with Crippen LogP contribution in [-0.4, -0.2) is 103 Å². The van der Waals surface area contributed by atoms with E-state index >= 15 is 4.79 Å². The summed E-state index contributed by atoms with van der Waals surface area (Å²) in [5.74, 6) is -6.94. The van der Waals surface area contributed by atoms with Gasteiger partial charge in [0.15, 0.2) is 11.4 Å². The molecular formula is C43H57F2N3O11S. The van der Waals surface area contributed by atoms with Crippen LogP contribution < -0.4 is 18.9 Å². The lowest BCUT2D eigenvalue weighted by atomic mass is 9.90. The van der Waals surface area contributed by atoms with E-state index in [2.05, 4.69) is 9.71 Å². The van der Waals surface area contributed by atoms with Crippen LogP contribution >= 0.6 is 0 Å². The molecule has 14 nitrogen and oxygen atoms in total. The molecule has 1 aromatic heterocycles. The van der Waals surface area contributed by atoms with Crippen molar-refractivity contribution in [1.29, 1.82) is 0 Å². The van der Waals surface area contributed by atoms with Gasteiger partial charge in [-0.1, -0.05) is 19.1 Å². The maximum atomic E-state index is 15.0. The minimum atomic E-state index is -4.04. The van der Waals surface area contributed by atoms with Crippen molar-refractivity contribution in [2.75, 3.05) is 20.8 Å². The summed E-state index contributed by atoms with van der Waals surface area (Å²) in [4.78, 5) is 63.2. The van der Waals surface area contributed by atoms with E-state index in [0.717, 1.165) is 13.8 Å². The van der Waals surface area contributed by atoms with Gasteiger partial charge in [-0.05, 0) is 84.3 Å². The first-order chi connectivity index (χ1) is 28.1. The number of pyridine rings is 1. The van der Waals surface area contributed by atoms with E-state index in [1.54, 1.807) is 38.1 Å². The molecule has 1 N–H and O–H groups in total. The van der Waals surface area contributed by atoms with Crippen molar-refractivity contribution in [1.82, 2.24) is 14.6 Å². The summed E-state index contributed by atoms with van der Waals surface area (Å²) < 4.78 is 85.9. The van der Waals surface area contributed by atoms with Gasteiger partial charge >= 0.3 is 5.97 Å². The van der Waals surface area contributed by atoms with E-state index in [9.17, 15) is 31.6 Å². The second kappa shape index (κ2) is 16.8. The Labute approximate surface area is 350 Å². The lowest BCUT2D eigenvalue weighted by Crippen LogP contribution is -2.50. The van der Waals surface area contributed by atoms with Crippen molar-refractivity contribution in [3.63, 3.8) is 0 Å². The predicted molar refractivity (Wildman–Crippen MR) is 216 cm³/mol. The number of rotatable bonds is 12. The number of carbonyl (C=O) groups excluding carboxylic acids is 4. The largest absolute Gasteiger partial charge is 0.497 e. The maximum absolute atomic E-state index is 15.0. The smallest absolute Gasteiger partial charge is 0.307 e. The molecule has 1 aromatic carbocycles. The molecule has 1 saturated heterocycles. The van der Waals surface area contributed by atoms with Gasteiger partial charge in [0, 0.05) is 37.3 Å². The van der Waals surface area contributed by atoms with Crippen LogP contribution in [0.5, 0.6) is 17.4 Å². The zero-order chi connectivity index (χ0) is 44.0. The Morgan fingerprint density at radius 1 is 1.10 bits per heavy atom. The number of ether oxygens (including phenoxy) is 5. The summed E-state index contributed by atoms with van der Waals surface area (Å²) in [5, 5.41) is 0.594. The van der Waals surface area contributed by atoms with Gasteiger partial charge < -0.3 is 28.6 Å². The molecular weight excluding hydrogens is 805 g/mol. The third-order valence-corrected chi connectivity index (χ3v) is 14.9. The highest BCUT2D eigenvalue weighted by molar-refractivity contribution is 7.91. The molecule has 0 bridgehead atoms. The van der Waals surface area contributed by atoms with E-state index < -0.39 is 97.9 Å². The first-order valence-electron chi connectivity index (χ1n) is 20.6. The molecule has 2 aliphatic heterocycles. The Balaban J connectivity index is 1.39. The third-order valence-electron chi connectivity index (χ3n) is 12.8. The maximum Gasteiger partial charge on any atom is 0.307 e. The molecule has 2 aromatic rings. The molecule has 2 aliphatic carbocycles. The number of esters is 1. The van der Waals surface area contributed by atoms with Gasteiger partial charge in [0.05, 0.1) is 67.0 Å². The number of alkyl halides is 2. The van der Waals surface area contributed by atoms with E-state index in [-0.39, 0.29) is 38.1 Å². The van der Waals surface area contributed by atoms with Crippen LogP contribution in [0.4, 0.5) is 8.78 Å². The number of allylic oxidation sites excluding steroid dienone is 2. The molecule has 6 rings (SSSR count). The summed E-state index contributed by atoms with van der Waals surface area (Å²) in [6, 6.07) is 5.60. The number of hydrogen-bond acceptors (Lipinski definition) is 12. The number of nitrogens with zero attached hydrogens (tertiary/aromatic N) is 2. The van der Waals surface area contributed by atoms with Gasteiger partial charge in [0.25, 0.3) is 5.92 Å². The summed E-state index contributed by atoms with van der Waals surface area (Å²) >= 11 is 0. The molecule has 7 atom stereocenters. The van der Waals surface area contributed by atoms with Crippen molar-refractivity contribution in [2.45, 2.75) is 140 Å². The number of benzene rings is 1. The highest BCUT2D eigenvalue weighted by Gasteiger charge is 2.63. The number of halogens is 2. The molecule has 60 heavy (non-hydrogen) atoms. The first kappa shape index (κ1) is 45.2. The van der Waals surface area contributed by atoms with Crippen molar-refractivity contribution in [3.05, 3.63) is 36.4 Å². The molecule has 0 spiro atoms. The Kier molecular flexibility index (Phi) is 12.7. The summed E-state index contributed by atoms with van der Waals surface area (Å²) in [6.45, 7) is 7.85. The Morgan fingerprint density at radius 3 is 2.45 bits per heavy atom. The van der Waals surface area contributed by atoms with E-state index in [1.807, 2.05) is 19.1 Å². The third kappa shape index (κ3) is 9.26. The van der Waals surface area contributed by atoms with Gasteiger partial charge in [-0.15, -0.1) is 0 Å². The van der Waals surface area contributed by atoms with Gasteiger partial charge in [-0.2, -0.15) is 0 Å². The number of carbonyl (C=O) groups is 4. The fraction of sp³-hybridized carbons (Fsp3) is 0.651. The highest BCUT2D eigenvalue weighted by atomic mass is 32.2. The van der Waals surface area contributed by atoms with Crippen LogP contribution in [-0.2, 0) is 38.7 Å².